The number of anilines is 1. The maximum atomic E-state index is 12.3. The summed E-state index contributed by atoms with van der Waals surface area (Å²) in [6.07, 6.45) is 1.33. The van der Waals surface area contributed by atoms with E-state index >= 15 is 0 Å². The van der Waals surface area contributed by atoms with Crippen LogP contribution in [0.25, 0.3) is 27.6 Å². The van der Waals surface area contributed by atoms with Crippen LogP contribution >= 0.6 is 11.3 Å². The zero-order valence-electron chi connectivity index (χ0n) is 14.9. The standard InChI is InChI=1S/C20H17N5O2S/c26-20(16-6-2-10-27-16)21-14-5-1-4-13(12-14)15-8-9-18-22-23-19(25(18)24-15)17-7-3-11-28-17/h1,3-5,7-9,11-12,16H,2,6,10H2,(H,21,26). The summed E-state index contributed by atoms with van der Waals surface area (Å²) in [5, 5.41) is 18.1. The molecule has 1 aliphatic rings. The van der Waals surface area contributed by atoms with Gasteiger partial charge in [0.25, 0.3) is 5.91 Å². The van der Waals surface area contributed by atoms with Crippen LogP contribution in [-0.4, -0.2) is 38.4 Å². The number of hydrogen-bond donors (Lipinski definition) is 1. The monoisotopic (exact) mass is 391 g/mol. The minimum atomic E-state index is -0.358. The molecule has 0 saturated carbocycles. The summed E-state index contributed by atoms with van der Waals surface area (Å²) in [6.45, 7) is 0.646. The Morgan fingerprint density at radius 2 is 2.14 bits per heavy atom. The number of thiophene rings is 1. The van der Waals surface area contributed by atoms with Gasteiger partial charge in [0.05, 0.1) is 10.6 Å². The number of fused-ring (bicyclic) bond motifs is 1. The van der Waals surface area contributed by atoms with Crippen LogP contribution in [0.4, 0.5) is 5.69 Å². The van der Waals surface area contributed by atoms with Gasteiger partial charge in [-0.15, -0.1) is 21.5 Å². The summed E-state index contributed by atoms with van der Waals surface area (Å²) in [5.41, 5.74) is 3.09. The Bertz CT molecular complexity index is 1130. The highest BCUT2D eigenvalue weighted by molar-refractivity contribution is 7.13. The molecule has 0 aliphatic carbocycles. The third kappa shape index (κ3) is 3.17. The van der Waals surface area contributed by atoms with Crippen molar-refractivity contribution >= 4 is 28.6 Å². The van der Waals surface area contributed by atoms with Gasteiger partial charge in [-0.1, -0.05) is 18.2 Å². The van der Waals surface area contributed by atoms with E-state index in [0.717, 1.165) is 40.5 Å². The molecule has 7 nitrogen and oxygen atoms in total. The first kappa shape index (κ1) is 17.0. The van der Waals surface area contributed by atoms with E-state index in [9.17, 15) is 4.79 Å². The van der Waals surface area contributed by atoms with Gasteiger partial charge in [0.1, 0.15) is 6.10 Å². The van der Waals surface area contributed by atoms with Crippen molar-refractivity contribution in [3.8, 4) is 22.0 Å². The Kier molecular flexibility index (Phi) is 4.34. The van der Waals surface area contributed by atoms with Gasteiger partial charge < -0.3 is 10.1 Å². The van der Waals surface area contributed by atoms with Crippen LogP contribution in [0.1, 0.15) is 12.8 Å². The maximum Gasteiger partial charge on any atom is 0.253 e. The fourth-order valence-corrected chi connectivity index (χ4v) is 3.96. The molecule has 28 heavy (non-hydrogen) atoms. The molecule has 1 atom stereocenters. The molecular formula is C20H17N5O2S. The van der Waals surface area contributed by atoms with Crippen molar-refractivity contribution in [1.82, 2.24) is 19.8 Å². The maximum absolute atomic E-state index is 12.3. The van der Waals surface area contributed by atoms with Crippen molar-refractivity contribution in [3.63, 3.8) is 0 Å². The number of carbonyl (C=O) groups is 1. The van der Waals surface area contributed by atoms with Gasteiger partial charge in [-0.25, -0.2) is 0 Å². The topological polar surface area (TPSA) is 81.4 Å². The molecule has 1 amide bonds. The number of benzene rings is 1. The molecule has 0 radical (unpaired) electrons. The summed E-state index contributed by atoms with van der Waals surface area (Å²) < 4.78 is 7.20. The van der Waals surface area contributed by atoms with Crippen LogP contribution in [0.2, 0.25) is 0 Å². The normalized spacial score (nSPS) is 16.5. The van der Waals surface area contributed by atoms with Crippen LogP contribution in [0.3, 0.4) is 0 Å². The summed E-state index contributed by atoms with van der Waals surface area (Å²) in [4.78, 5) is 13.3. The molecule has 140 valence electrons. The lowest BCUT2D eigenvalue weighted by Gasteiger charge is -2.11. The largest absolute Gasteiger partial charge is 0.368 e. The average Bonchev–Trinajstić information content (AvgIpc) is 3.48. The molecule has 8 heteroatoms. The van der Waals surface area contributed by atoms with E-state index in [1.807, 2.05) is 53.9 Å². The number of amides is 1. The summed E-state index contributed by atoms with van der Waals surface area (Å²) in [7, 11) is 0. The highest BCUT2D eigenvalue weighted by Gasteiger charge is 2.23. The molecular weight excluding hydrogens is 374 g/mol. The molecule has 5 rings (SSSR count). The smallest absolute Gasteiger partial charge is 0.253 e. The number of rotatable bonds is 4. The van der Waals surface area contributed by atoms with E-state index in [0.29, 0.717) is 12.3 Å². The Morgan fingerprint density at radius 3 is 2.96 bits per heavy atom. The van der Waals surface area contributed by atoms with Crippen molar-refractivity contribution in [3.05, 3.63) is 53.9 Å². The van der Waals surface area contributed by atoms with Gasteiger partial charge in [0.15, 0.2) is 11.5 Å². The molecule has 1 aromatic carbocycles. The average molecular weight is 391 g/mol. The molecule has 1 aliphatic heterocycles. The summed E-state index contributed by atoms with van der Waals surface area (Å²) >= 11 is 1.60. The highest BCUT2D eigenvalue weighted by Crippen LogP contribution is 2.26. The second kappa shape index (κ2) is 7.14. The van der Waals surface area contributed by atoms with Gasteiger partial charge in [0, 0.05) is 17.9 Å². The van der Waals surface area contributed by atoms with Crippen molar-refractivity contribution in [1.29, 1.82) is 0 Å². The lowest BCUT2D eigenvalue weighted by Crippen LogP contribution is -2.26. The molecule has 3 aromatic heterocycles. The zero-order chi connectivity index (χ0) is 18.9. The summed E-state index contributed by atoms with van der Waals surface area (Å²) in [6, 6.07) is 15.4. The van der Waals surface area contributed by atoms with Gasteiger partial charge in [-0.2, -0.15) is 9.61 Å². The van der Waals surface area contributed by atoms with Crippen molar-refractivity contribution in [2.75, 3.05) is 11.9 Å². The highest BCUT2D eigenvalue weighted by atomic mass is 32.1. The number of hydrogen-bond acceptors (Lipinski definition) is 6. The Balaban J connectivity index is 1.46. The fourth-order valence-electron chi connectivity index (χ4n) is 3.27. The molecule has 0 bridgehead atoms. The number of ether oxygens (including phenoxy) is 1. The van der Waals surface area contributed by atoms with Crippen LogP contribution in [0, 0.1) is 0 Å². The third-order valence-corrected chi connectivity index (χ3v) is 5.52. The Labute approximate surface area is 165 Å². The molecule has 1 unspecified atom stereocenters. The quantitative estimate of drug-likeness (QED) is 0.574. The van der Waals surface area contributed by atoms with Crippen molar-refractivity contribution in [2.24, 2.45) is 0 Å². The zero-order valence-corrected chi connectivity index (χ0v) is 15.7. The van der Waals surface area contributed by atoms with Crippen LogP contribution in [0.5, 0.6) is 0 Å². The molecule has 4 aromatic rings. The van der Waals surface area contributed by atoms with Crippen molar-refractivity contribution in [2.45, 2.75) is 18.9 Å². The van der Waals surface area contributed by atoms with Crippen LogP contribution in [0.15, 0.2) is 53.9 Å². The van der Waals surface area contributed by atoms with E-state index in [2.05, 4.69) is 15.5 Å². The Morgan fingerprint density at radius 1 is 1.18 bits per heavy atom. The first-order chi connectivity index (χ1) is 13.8. The van der Waals surface area contributed by atoms with Gasteiger partial charge in [0.2, 0.25) is 0 Å². The van der Waals surface area contributed by atoms with Crippen LogP contribution in [-0.2, 0) is 9.53 Å². The predicted octanol–water partition coefficient (Wildman–Crippen LogP) is 3.64. The van der Waals surface area contributed by atoms with Gasteiger partial charge in [-0.3, -0.25) is 4.79 Å². The predicted molar refractivity (Wildman–Crippen MR) is 107 cm³/mol. The third-order valence-electron chi connectivity index (χ3n) is 4.65. The molecule has 0 spiro atoms. The SMILES string of the molecule is O=C(Nc1cccc(-c2ccc3nnc(-c4cccs4)n3n2)c1)C1CCCO1. The molecule has 4 heterocycles. The molecule has 1 saturated heterocycles. The summed E-state index contributed by atoms with van der Waals surface area (Å²) in [5.74, 6) is 0.617. The lowest BCUT2D eigenvalue weighted by atomic mass is 10.1. The van der Waals surface area contributed by atoms with E-state index in [-0.39, 0.29) is 12.0 Å². The first-order valence-electron chi connectivity index (χ1n) is 9.07. The Hall–Kier alpha value is -3.10. The minimum Gasteiger partial charge on any atom is -0.368 e. The van der Waals surface area contributed by atoms with Gasteiger partial charge in [-0.05, 0) is 48.6 Å². The second-order valence-corrected chi connectivity index (χ2v) is 7.51. The minimum absolute atomic E-state index is 0.100. The van der Waals surface area contributed by atoms with E-state index < -0.39 is 0 Å². The van der Waals surface area contributed by atoms with Crippen molar-refractivity contribution < 1.29 is 9.53 Å². The number of nitrogens with zero attached hydrogens (tertiary/aromatic N) is 4. The molecule has 1 fully saturated rings. The van der Waals surface area contributed by atoms with E-state index in [1.54, 1.807) is 15.9 Å². The number of carbonyl (C=O) groups excluding carboxylic acids is 1. The number of aromatic nitrogens is 4. The van der Waals surface area contributed by atoms with E-state index in [1.165, 1.54) is 0 Å². The van der Waals surface area contributed by atoms with Crippen LogP contribution < -0.4 is 5.32 Å². The molecule has 1 N–H and O–H groups in total. The second-order valence-electron chi connectivity index (χ2n) is 6.56. The first-order valence-corrected chi connectivity index (χ1v) is 9.95. The fraction of sp³-hybridized carbons (Fsp3) is 0.200. The van der Waals surface area contributed by atoms with Gasteiger partial charge >= 0.3 is 0 Å². The number of nitrogens with one attached hydrogen (secondary N) is 1. The lowest BCUT2D eigenvalue weighted by molar-refractivity contribution is -0.124. The van der Waals surface area contributed by atoms with E-state index in [4.69, 9.17) is 9.84 Å².